The molecule has 9 heteroatoms. The number of carbonyl (C=O) groups excluding carboxylic acids is 1. The fourth-order valence-corrected chi connectivity index (χ4v) is 4.18. The van der Waals surface area contributed by atoms with Gasteiger partial charge in [-0.3, -0.25) is 14.8 Å². The van der Waals surface area contributed by atoms with Gasteiger partial charge < -0.3 is 0 Å². The summed E-state index contributed by atoms with van der Waals surface area (Å²) in [5.41, 5.74) is 1.25. The van der Waals surface area contributed by atoms with Crippen molar-refractivity contribution >= 4 is 38.1 Å². The molecule has 1 heterocycles. The summed E-state index contributed by atoms with van der Waals surface area (Å²) in [5, 5.41) is 4.86. The molecule has 3 aromatic rings. The summed E-state index contributed by atoms with van der Waals surface area (Å²) in [4.78, 5) is 16.6. The lowest BCUT2D eigenvalue weighted by molar-refractivity contribution is 0.102. The van der Waals surface area contributed by atoms with Gasteiger partial charge in [-0.1, -0.05) is 12.1 Å². The van der Waals surface area contributed by atoms with Gasteiger partial charge in [0, 0.05) is 5.38 Å². The Labute approximate surface area is 160 Å². The third kappa shape index (κ3) is 4.32. The molecule has 2 aromatic carbocycles. The normalized spacial score (nSPS) is 11.2. The maximum atomic E-state index is 13.4. The number of para-hydroxylation sites is 1. The molecule has 0 unspecified atom stereocenters. The molecule has 0 saturated heterocycles. The molecule has 3 rings (SSSR count). The van der Waals surface area contributed by atoms with E-state index in [1.54, 1.807) is 24.4 Å². The second kappa shape index (κ2) is 7.45. The number of benzene rings is 2. The number of carbonyl (C=O) groups is 1. The predicted molar refractivity (Wildman–Crippen MR) is 103 cm³/mol. The minimum atomic E-state index is -3.99. The Hall–Kier alpha value is -2.78. The Morgan fingerprint density at radius 3 is 2.56 bits per heavy atom. The van der Waals surface area contributed by atoms with E-state index in [4.69, 9.17) is 0 Å². The van der Waals surface area contributed by atoms with Gasteiger partial charge in [-0.2, -0.15) is 0 Å². The quantitative estimate of drug-likeness (QED) is 0.673. The van der Waals surface area contributed by atoms with Crippen molar-refractivity contribution in [2.45, 2.75) is 18.7 Å². The molecule has 27 heavy (non-hydrogen) atoms. The van der Waals surface area contributed by atoms with E-state index in [0.29, 0.717) is 5.13 Å². The number of hydrogen-bond acceptors (Lipinski definition) is 5. The number of aryl methyl sites for hydroxylation is 2. The number of anilines is 2. The highest BCUT2D eigenvalue weighted by atomic mass is 32.2. The van der Waals surface area contributed by atoms with Gasteiger partial charge in [0.15, 0.2) is 5.13 Å². The fraction of sp³-hybridized carbons (Fsp3) is 0.111. The van der Waals surface area contributed by atoms with Crippen LogP contribution >= 0.6 is 11.3 Å². The average Bonchev–Trinajstić information content (AvgIpc) is 3.02. The Morgan fingerprint density at radius 1 is 1.15 bits per heavy atom. The van der Waals surface area contributed by atoms with Crippen molar-refractivity contribution in [2.24, 2.45) is 0 Å². The zero-order valence-electron chi connectivity index (χ0n) is 14.5. The van der Waals surface area contributed by atoms with Gasteiger partial charge in [0.25, 0.3) is 15.9 Å². The highest BCUT2D eigenvalue weighted by molar-refractivity contribution is 7.92. The van der Waals surface area contributed by atoms with Crippen LogP contribution in [0.3, 0.4) is 0 Å². The molecule has 1 aromatic heterocycles. The smallest absolute Gasteiger partial charge is 0.261 e. The molecular formula is C18H16FN3O3S2. The summed E-state index contributed by atoms with van der Waals surface area (Å²) < 4.78 is 41.1. The Morgan fingerprint density at radius 2 is 1.89 bits per heavy atom. The lowest BCUT2D eigenvalue weighted by atomic mass is 10.2. The van der Waals surface area contributed by atoms with Gasteiger partial charge >= 0.3 is 0 Å². The van der Waals surface area contributed by atoms with Crippen LogP contribution in [0.4, 0.5) is 15.2 Å². The van der Waals surface area contributed by atoms with Crippen LogP contribution in [0, 0.1) is 19.7 Å². The van der Waals surface area contributed by atoms with Crippen LogP contribution in [0.1, 0.15) is 21.6 Å². The standard InChI is InChI=1S/C18H16FN3O3S2/c1-11-9-13(7-8-15(11)19)27(24,25)22-16-6-4-3-5-14(16)17(23)21-18-20-12(2)10-26-18/h3-10,22H,1-2H3,(H,20,21,23). The van der Waals surface area contributed by atoms with Gasteiger partial charge in [-0.05, 0) is 49.7 Å². The minimum Gasteiger partial charge on any atom is -0.298 e. The van der Waals surface area contributed by atoms with Gasteiger partial charge in [0.2, 0.25) is 0 Å². The monoisotopic (exact) mass is 405 g/mol. The Balaban J connectivity index is 1.89. The molecule has 0 aliphatic carbocycles. The van der Waals surface area contributed by atoms with Gasteiger partial charge in [-0.15, -0.1) is 11.3 Å². The van der Waals surface area contributed by atoms with Gasteiger partial charge in [0.05, 0.1) is 21.8 Å². The SMILES string of the molecule is Cc1csc(NC(=O)c2ccccc2NS(=O)(=O)c2ccc(F)c(C)c2)n1. The van der Waals surface area contributed by atoms with E-state index in [1.807, 2.05) is 0 Å². The molecule has 0 radical (unpaired) electrons. The topological polar surface area (TPSA) is 88.2 Å². The second-order valence-electron chi connectivity index (χ2n) is 5.81. The van der Waals surface area contributed by atoms with Crippen LogP contribution in [-0.2, 0) is 10.0 Å². The van der Waals surface area contributed by atoms with Crippen molar-refractivity contribution in [1.82, 2.24) is 4.98 Å². The van der Waals surface area contributed by atoms with Crippen LogP contribution in [-0.4, -0.2) is 19.3 Å². The number of hydrogen-bond donors (Lipinski definition) is 2. The number of amides is 1. The first kappa shape index (κ1) is 19.0. The van der Waals surface area contributed by atoms with Crippen LogP contribution in [0.15, 0.2) is 52.7 Å². The summed E-state index contributed by atoms with van der Waals surface area (Å²) in [6.45, 7) is 3.28. The molecule has 0 atom stereocenters. The van der Waals surface area contributed by atoms with E-state index in [2.05, 4.69) is 15.0 Å². The zero-order valence-corrected chi connectivity index (χ0v) is 16.1. The average molecular weight is 405 g/mol. The third-order valence-electron chi connectivity index (χ3n) is 3.70. The van der Waals surface area contributed by atoms with E-state index in [0.717, 1.165) is 11.8 Å². The number of aromatic nitrogens is 1. The lowest BCUT2D eigenvalue weighted by Gasteiger charge is -2.12. The molecule has 0 bridgehead atoms. The molecule has 0 aliphatic heterocycles. The number of nitrogens with zero attached hydrogens (tertiary/aromatic N) is 1. The zero-order chi connectivity index (χ0) is 19.6. The van der Waals surface area contributed by atoms with Crippen LogP contribution in [0.5, 0.6) is 0 Å². The number of halogens is 1. The van der Waals surface area contributed by atoms with Crippen LogP contribution in [0.25, 0.3) is 0 Å². The molecule has 6 nitrogen and oxygen atoms in total. The van der Waals surface area contributed by atoms with Crippen molar-refractivity contribution in [2.75, 3.05) is 10.0 Å². The summed E-state index contributed by atoms with van der Waals surface area (Å²) in [6, 6.07) is 9.72. The van der Waals surface area contributed by atoms with E-state index in [1.165, 1.54) is 42.5 Å². The van der Waals surface area contributed by atoms with Crippen LogP contribution < -0.4 is 10.0 Å². The predicted octanol–water partition coefficient (Wildman–Crippen LogP) is 3.95. The van der Waals surface area contributed by atoms with Gasteiger partial charge in [0.1, 0.15) is 5.82 Å². The molecule has 0 saturated carbocycles. The van der Waals surface area contributed by atoms with E-state index >= 15 is 0 Å². The largest absolute Gasteiger partial charge is 0.298 e. The van der Waals surface area contributed by atoms with Crippen LogP contribution in [0.2, 0.25) is 0 Å². The molecule has 140 valence electrons. The number of sulfonamides is 1. The first-order valence-corrected chi connectivity index (χ1v) is 10.2. The number of nitrogens with one attached hydrogen (secondary N) is 2. The van der Waals surface area contributed by atoms with Crippen molar-refractivity contribution in [3.8, 4) is 0 Å². The molecule has 1 amide bonds. The van der Waals surface area contributed by atoms with Gasteiger partial charge in [-0.25, -0.2) is 17.8 Å². The Kier molecular flexibility index (Phi) is 5.24. The van der Waals surface area contributed by atoms with Crippen molar-refractivity contribution in [1.29, 1.82) is 0 Å². The molecule has 0 spiro atoms. The first-order valence-electron chi connectivity index (χ1n) is 7.88. The molecule has 0 aliphatic rings. The van der Waals surface area contributed by atoms with Crippen molar-refractivity contribution in [3.05, 3.63) is 70.5 Å². The highest BCUT2D eigenvalue weighted by Crippen LogP contribution is 2.23. The molecule has 2 N–H and O–H groups in total. The number of rotatable bonds is 5. The van der Waals surface area contributed by atoms with Crippen molar-refractivity contribution < 1.29 is 17.6 Å². The summed E-state index contributed by atoms with van der Waals surface area (Å²) >= 11 is 1.27. The van der Waals surface area contributed by atoms with Crippen molar-refractivity contribution in [3.63, 3.8) is 0 Å². The maximum Gasteiger partial charge on any atom is 0.261 e. The first-order chi connectivity index (χ1) is 12.8. The molecule has 0 fully saturated rings. The fourth-order valence-electron chi connectivity index (χ4n) is 2.33. The minimum absolute atomic E-state index is 0.0906. The van der Waals surface area contributed by atoms with E-state index in [-0.39, 0.29) is 21.7 Å². The molecular weight excluding hydrogens is 389 g/mol. The number of thiazole rings is 1. The lowest BCUT2D eigenvalue weighted by Crippen LogP contribution is -2.18. The van der Waals surface area contributed by atoms with E-state index in [9.17, 15) is 17.6 Å². The maximum absolute atomic E-state index is 13.4. The second-order valence-corrected chi connectivity index (χ2v) is 8.35. The highest BCUT2D eigenvalue weighted by Gasteiger charge is 2.20. The summed E-state index contributed by atoms with van der Waals surface area (Å²) in [6.07, 6.45) is 0. The summed E-state index contributed by atoms with van der Waals surface area (Å²) in [7, 11) is -3.99. The summed E-state index contributed by atoms with van der Waals surface area (Å²) in [5.74, 6) is -0.981. The third-order valence-corrected chi connectivity index (χ3v) is 5.93. The van der Waals surface area contributed by atoms with E-state index < -0.39 is 21.7 Å². The Bertz CT molecular complexity index is 1110.